The van der Waals surface area contributed by atoms with E-state index in [-0.39, 0.29) is 19.4 Å². The van der Waals surface area contributed by atoms with Gasteiger partial charge in [0.15, 0.2) is 0 Å². The summed E-state index contributed by atoms with van der Waals surface area (Å²) >= 11 is 0. The van der Waals surface area contributed by atoms with E-state index in [1.807, 2.05) is 0 Å². The van der Waals surface area contributed by atoms with Gasteiger partial charge in [0.25, 0.3) is 0 Å². The lowest BCUT2D eigenvalue weighted by atomic mass is 10.0. The summed E-state index contributed by atoms with van der Waals surface area (Å²) in [6, 6.07) is -1.48. The van der Waals surface area contributed by atoms with Crippen LogP contribution in [-0.2, 0) is 18.5 Å². The maximum Gasteiger partial charge on any atom is 0.333 e. The molecule has 0 spiro atoms. The summed E-state index contributed by atoms with van der Waals surface area (Å²) in [6.07, 6.45) is -3.80. The topological polar surface area (TPSA) is 129 Å². The zero-order valence-electron chi connectivity index (χ0n) is 13.3. The van der Waals surface area contributed by atoms with E-state index in [4.69, 9.17) is 19.0 Å². The molecule has 6 atom stereocenters. The predicted octanol–water partition coefficient (Wildman–Crippen LogP) is -0.916. The second-order valence-corrected chi connectivity index (χ2v) is 7.84. The average molecular weight is 355 g/mol. The van der Waals surface area contributed by atoms with Crippen molar-refractivity contribution in [3.05, 3.63) is 0 Å². The summed E-state index contributed by atoms with van der Waals surface area (Å²) < 4.78 is 23.0. The van der Waals surface area contributed by atoms with Crippen LogP contribution in [0, 0.1) is 0 Å². The lowest BCUT2D eigenvalue weighted by Crippen LogP contribution is -2.47. The Labute approximate surface area is 135 Å². The second-order valence-electron chi connectivity index (χ2n) is 5.74. The normalized spacial score (nSPS) is 36.3. The first-order valence-corrected chi connectivity index (χ1v) is 9.58. The maximum atomic E-state index is 12.6. The van der Waals surface area contributed by atoms with Crippen LogP contribution in [0.1, 0.15) is 20.3 Å². The molecular formula is C13H26NO8P. The Kier molecular flexibility index (Phi) is 6.57. The van der Waals surface area contributed by atoms with Crippen molar-refractivity contribution in [3.63, 3.8) is 0 Å². The Bertz CT molecular complexity index is 428. The quantitative estimate of drug-likeness (QED) is 0.409. The van der Waals surface area contributed by atoms with E-state index in [9.17, 15) is 19.9 Å². The summed E-state index contributed by atoms with van der Waals surface area (Å²) in [7, 11) is -3.30. The highest BCUT2D eigenvalue weighted by atomic mass is 31.2. The van der Waals surface area contributed by atoms with Gasteiger partial charge in [-0.15, -0.1) is 0 Å². The lowest BCUT2D eigenvalue weighted by Gasteiger charge is -2.28. The third-order valence-corrected chi connectivity index (χ3v) is 6.31. The van der Waals surface area contributed by atoms with Crippen LogP contribution < -0.4 is 0 Å². The van der Waals surface area contributed by atoms with Crippen LogP contribution in [0.5, 0.6) is 0 Å². The minimum atomic E-state index is -3.30. The van der Waals surface area contributed by atoms with Crippen LogP contribution in [0.25, 0.3) is 0 Å². The highest BCUT2D eigenvalue weighted by Crippen LogP contribution is 2.51. The van der Waals surface area contributed by atoms with Gasteiger partial charge in [-0.3, -0.25) is 9.40 Å². The van der Waals surface area contributed by atoms with Gasteiger partial charge >= 0.3 is 7.60 Å². The first kappa shape index (κ1) is 19.2. The summed E-state index contributed by atoms with van der Waals surface area (Å²) in [5.41, 5.74) is 0. The predicted molar refractivity (Wildman–Crippen MR) is 79.7 cm³/mol. The third-order valence-electron chi connectivity index (χ3n) is 4.15. The Morgan fingerprint density at radius 3 is 2.39 bits per heavy atom. The molecule has 2 aliphatic rings. The van der Waals surface area contributed by atoms with Gasteiger partial charge in [0.1, 0.15) is 6.10 Å². The van der Waals surface area contributed by atoms with E-state index >= 15 is 0 Å². The van der Waals surface area contributed by atoms with Gasteiger partial charge < -0.3 is 29.5 Å². The third kappa shape index (κ3) is 3.95. The van der Waals surface area contributed by atoms with Crippen LogP contribution in [0.4, 0.5) is 0 Å². The molecule has 0 aromatic heterocycles. The Morgan fingerprint density at radius 1 is 1.26 bits per heavy atom. The van der Waals surface area contributed by atoms with Crippen molar-refractivity contribution in [1.82, 2.24) is 5.06 Å². The monoisotopic (exact) mass is 355 g/mol. The molecule has 0 aromatic carbocycles. The highest BCUT2D eigenvalue weighted by Gasteiger charge is 2.56. The molecule has 10 heteroatoms. The Hall–Kier alpha value is -0.0900. The zero-order valence-corrected chi connectivity index (χ0v) is 14.2. The maximum absolute atomic E-state index is 12.6. The number of nitrogens with zero attached hydrogens (tertiary/aromatic N) is 1. The second kappa shape index (κ2) is 7.86. The van der Waals surface area contributed by atoms with Crippen LogP contribution in [0.2, 0.25) is 0 Å². The Balaban J connectivity index is 2.06. The average Bonchev–Trinajstić information content (AvgIpc) is 2.98. The van der Waals surface area contributed by atoms with E-state index in [0.717, 1.165) is 0 Å². The molecular weight excluding hydrogens is 329 g/mol. The van der Waals surface area contributed by atoms with Crippen molar-refractivity contribution in [1.29, 1.82) is 0 Å². The van der Waals surface area contributed by atoms with Crippen molar-refractivity contribution in [3.8, 4) is 0 Å². The molecule has 9 nitrogen and oxygen atoms in total. The SMILES string of the molecule is CCOP(=O)(C[C@@H]1C[C@H]2[C@H](O)[C@@H](O)[C@H]([C@H](O)CO)N2O1)OCC. The fourth-order valence-corrected chi connectivity index (χ4v) is 5.01. The molecule has 0 radical (unpaired) electrons. The number of aliphatic hydroxyl groups is 4. The van der Waals surface area contributed by atoms with E-state index in [2.05, 4.69) is 0 Å². The standard InChI is InChI=1S/C13H26NO8P/c1-3-20-23(19,21-4-2)7-8-5-9-12(17)13(18)11(10(16)6-15)14(9)22-8/h8-13,15-18H,3-7H2,1-2H3/t8-,9-,10+,11-,12-,13-/m0/s1. The smallest absolute Gasteiger partial charge is 0.333 e. The van der Waals surface area contributed by atoms with Crippen molar-refractivity contribution in [2.75, 3.05) is 26.0 Å². The largest absolute Gasteiger partial charge is 0.394 e. The number of aliphatic hydroxyl groups excluding tert-OH is 4. The van der Waals surface area contributed by atoms with Gasteiger partial charge in [-0.2, -0.15) is 5.06 Å². The highest BCUT2D eigenvalue weighted by molar-refractivity contribution is 7.53. The van der Waals surface area contributed by atoms with Crippen LogP contribution in [0.15, 0.2) is 0 Å². The van der Waals surface area contributed by atoms with Crippen LogP contribution >= 0.6 is 7.60 Å². The molecule has 0 amide bonds. The summed E-state index contributed by atoms with van der Waals surface area (Å²) in [5.74, 6) is 0. The van der Waals surface area contributed by atoms with Gasteiger partial charge in [0.2, 0.25) is 0 Å². The molecule has 2 rings (SSSR count). The molecule has 23 heavy (non-hydrogen) atoms. The molecule has 2 aliphatic heterocycles. The molecule has 0 aromatic rings. The Morgan fingerprint density at radius 2 is 1.87 bits per heavy atom. The minimum Gasteiger partial charge on any atom is -0.394 e. The van der Waals surface area contributed by atoms with Gasteiger partial charge in [0.05, 0.1) is 56.4 Å². The molecule has 0 saturated carbocycles. The molecule has 0 unspecified atom stereocenters. The number of rotatable bonds is 8. The summed E-state index contributed by atoms with van der Waals surface area (Å²) in [5, 5.41) is 40.4. The summed E-state index contributed by atoms with van der Waals surface area (Å²) in [6.45, 7) is 3.34. The molecule has 2 saturated heterocycles. The lowest BCUT2D eigenvalue weighted by molar-refractivity contribution is -0.200. The van der Waals surface area contributed by atoms with E-state index in [1.165, 1.54) is 5.06 Å². The number of fused-ring (bicyclic) bond motifs is 1. The molecule has 136 valence electrons. The molecule has 2 fully saturated rings. The number of hydrogen-bond donors (Lipinski definition) is 4. The van der Waals surface area contributed by atoms with Crippen LogP contribution in [-0.4, -0.2) is 88.0 Å². The van der Waals surface area contributed by atoms with E-state index < -0.39 is 50.7 Å². The number of hydrogen-bond acceptors (Lipinski definition) is 9. The van der Waals surface area contributed by atoms with E-state index in [1.54, 1.807) is 13.8 Å². The number of hydroxylamine groups is 2. The molecule has 0 aliphatic carbocycles. The van der Waals surface area contributed by atoms with Crippen molar-refractivity contribution in [2.45, 2.75) is 56.8 Å². The summed E-state index contributed by atoms with van der Waals surface area (Å²) in [4.78, 5) is 5.66. The fraction of sp³-hybridized carbons (Fsp3) is 1.00. The minimum absolute atomic E-state index is 0.0203. The van der Waals surface area contributed by atoms with Gasteiger partial charge in [-0.25, -0.2) is 0 Å². The van der Waals surface area contributed by atoms with Gasteiger partial charge in [0, 0.05) is 0 Å². The van der Waals surface area contributed by atoms with Crippen molar-refractivity contribution >= 4 is 7.60 Å². The van der Waals surface area contributed by atoms with Gasteiger partial charge in [-0.1, -0.05) is 0 Å². The van der Waals surface area contributed by atoms with Crippen LogP contribution in [0.3, 0.4) is 0 Å². The molecule has 2 heterocycles. The van der Waals surface area contributed by atoms with E-state index in [0.29, 0.717) is 6.42 Å². The first-order valence-electron chi connectivity index (χ1n) is 7.85. The molecule has 0 bridgehead atoms. The zero-order chi connectivity index (χ0) is 17.2. The first-order chi connectivity index (χ1) is 10.9. The van der Waals surface area contributed by atoms with Gasteiger partial charge in [-0.05, 0) is 20.3 Å². The van der Waals surface area contributed by atoms with Crippen molar-refractivity contribution in [2.24, 2.45) is 0 Å². The fourth-order valence-electron chi connectivity index (χ4n) is 3.23. The molecule has 4 N–H and O–H groups in total. The van der Waals surface area contributed by atoms with Crippen molar-refractivity contribution < 1.29 is 38.9 Å².